The lowest BCUT2D eigenvalue weighted by Gasteiger charge is -2.10. The normalized spacial score (nSPS) is 12.2. The van der Waals surface area contributed by atoms with Crippen LogP contribution in [0.25, 0.3) is 0 Å². The maximum atomic E-state index is 12.4. The van der Waals surface area contributed by atoms with Crippen LogP contribution in [-0.2, 0) is 0 Å². The van der Waals surface area contributed by atoms with Gasteiger partial charge in [0.05, 0.1) is 5.56 Å². The Bertz CT molecular complexity index is 348. The van der Waals surface area contributed by atoms with Gasteiger partial charge in [-0.25, -0.2) is 8.78 Å². The molecule has 0 amide bonds. The number of hydrogen-bond donors (Lipinski definition) is 0. The van der Waals surface area contributed by atoms with E-state index in [1.54, 1.807) is 6.07 Å². The van der Waals surface area contributed by atoms with E-state index >= 15 is 0 Å². The lowest BCUT2D eigenvalue weighted by molar-refractivity contribution is -0.0670. The van der Waals surface area contributed by atoms with Gasteiger partial charge in [-0.05, 0) is 12.1 Å². The Hall–Kier alpha value is -1.70. The number of alkyl halides is 3. The molecule has 14 heavy (non-hydrogen) atoms. The number of ether oxygens (including phenoxy) is 1. The third-order valence-electron chi connectivity index (χ3n) is 1.45. The molecule has 0 heterocycles. The van der Waals surface area contributed by atoms with E-state index in [-0.39, 0.29) is 11.3 Å². The summed E-state index contributed by atoms with van der Waals surface area (Å²) in [5.41, 5.74) is 0.0239. The Morgan fingerprint density at radius 1 is 1.21 bits per heavy atom. The average Bonchev–Trinajstić information content (AvgIpc) is 2.18. The maximum Gasteiger partial charge on any atom is 0.304 e. The summed E-state index contributed by atoms with van der Waals surface area (Å²) in [5.74, 6) is -0.178. The summed E-state index contributed by atoms with van der Waals surface area (Å²) in [6.07, 6.45) is -5.92. The van der Waals surface area contributed by atoms with Crippen molar-refractivity contribution in [2.24, 2.45) is 0 Å². The quantitative estimate of drug-likeness (QED) is 0.752. The van der Waals surface area contributed by atoms with Gasteiger partial charge in [0.15, 0.2) is 0 Å². The Morgan fingerprint density at radius 3 is 2.43 bits per heavy atom. The highest BCUT2D eigenvalue weighted by Crippen LogP contribution is 2.20. The monoisotopic (exact) mass is 201 g/mol. The molecule has 0 aliphatic carbocycles. The first-order valence-electron chi connectivity index (χ1n) is 3.73. The van der Waals surface area contributed by atoms with Gasteiger partial charge in [-0.1, -0.05) is 12.1 Å². The van der Waals surface area contributed by atoms with Gasteiger partial charge >= 0.3 is 6.43 Å². The van der Waals surface area contributed by atoms with Crippen LogP contribution < -0.4 is 4.74 Å². The zero-order valence-corrected chi connectivity index (χ0v) is 6.95. The van der Waals surface area contributed by atoms with Gasteiger partial charge in [-0.15, -0.1) is 0 Å². The summed E-state index contributed by atoms with van der Waals surface area (Å²) in [6, 6.07) is 7.31. The highest BCUT2D eigenvalue weighted by Gasteiger charge is 2.21. The number of rotatable bonds is 3. The van der Waals surface area contributed by atoms with E-state index in [9.17, 15) is 13.2 Å². The van der Waals surface area contributed by atoms with E-state index in [4.69, 9.17) is 5.26 Å². The van der Waals surface area contributed by atoms with E-state index in [0.717, 1.165) is 0 Å². The molecule has 74 valence electrons. The van der Waals surface area contributed by atoms with Crippen LogP contribution in [0.2, 0.25) is 0 Å². The van der Waals surface area contributed by atoms with Gasteiger partial charge in [0, 0.05) is 0 Å². The first kappa shape index (κ1) is 10.4. The fourth-order valence-corrected chi connectivity index (χ4v) is 0.835. The minimum atomic E-state index is -3.22. The van der Waals surface area contributed by atoms with E-state index in [1.807, 2.05) is 0 Å². The predicted octanol–water partition coefficient (Wildman–Crippen LogP) is 2.50. The zero-order chi connectivity index (χ0) is 10.6. The van der Waals surface area contributed by atoms with Crippen molar-refractivity contribution >= 4 is 0 Å². The van der Waals surface area contributed by atoms with Gasteiger partial charge in [0.2, 0.25) is 0 Å². The molecular formula is C9H6F3NO. The Balaban J connectivity index is 2.82. The second kappa shape index (κ2) is 4.51. The Labute approximate surface area is 78.5 Å². The van der Waals surface area contributed by atoms with Crippen molar-refractivity contribution in [1.82, 2.24) is 0 Å². The van der Waals surface area contributed by atoms with Crippen LogP contribution in [0.15, 0.2) is 24.3 Å². The summed E-state index contributed by atoms with van der Waals surface area (Å²) in [7, 11) is 0. The van der Waals surface area contributed by atoms with Gasteiger partial charge in [-0.3, -0.25) is 0 Å². The summed E-state index contributed by atoms with van der Waals surface area (Å²) in [4.78, 5) is 0. The second-order valence-corrected chi connectivity index (χ2v) is 2.41. The fraction of sp³-hybridized carbons (Fsp3) is 0.222. The summed E-state index contributed by atoms with van der Waals surface area (Å²) < 4.78 is 40.2. The molecule has 0 aliphatic rings. The predicted molar refractivity (Wildman–Crippen MR) is 42.7 cm³/mol. The van der Waals surface area contributed by atoms with Gasteiger partial charge in [0.25, 0.3) is 6.36 Å². The highest BCUT2D eigenvalue weighted by atomic mass is 19.3. The molecule has 0 aliphatic heterocycles. The lowest BCUT2D eigenvalue weighted by Crippen LogP contribution is -2.19. The summed E-state index contributed by atoms with van der Waals surface area (Å²) in [6.45, 7) is 0. The topological polar surface area (TPSA) is 33.0 Å². The minimum absolute atomic E-state index is 0.0239. The minimum Gasteiger partial charge on any atom is -0.453 e. The molecule has 1 aromatic carbocycles. The molecule has 0 bridgehead atoms. The first-order valence-corrected chi connectivity index (χ1v) is 3.73. The largest absolute Gasteiger partial charge is 0.453 e. The molecule has 5 heteroatoms. The number of halogens is 3. The van der Waals surface area contributed by atoms with Crippen LogP contribution >= 0.6 is 0 Å². The van der Waals surface area contributed by atoms with E-state index < -0.39 is 12.8 Å². The van der Waals surface area contributed by atoms with Crippen LogP contribution in [-0.4, -0.2) is 12.8 Å². The third kappa shape index (κ3) is 2.39. The smallest absolute Gasteiger partial charge is 0.304 e. The van der Waals surface area contributed by atoms with Crippen LogP contribution in [0, 0.1) is 11.3 Å². The molecule has 0 radical (unpaired) electrons. The second-order valence-electron chi connectivity index (χ2n) is 2.41. The molecule has 0 N–H and O–H groups in total. The van der Waals surface area contributed by atoms with Crippen LogP contribution in [0.4, 0.5) is 13.2 Å². The van der Waals surface area contributed by atoms with Gasteiger partial charge in [0.1, 0.15) is 11.8 Å². The number of nitrogens with zero attached hydrogens (tertiary/aromatic N) is 1. The van der Waals surface area contributed by atoms with Crippen LogP contribution in [0.1, 0.15) is 5.56 Å². The molecule has 0 spiro atoms. The van der Waals surface area contributed by atoms with E-state index in [2.05, 4.69) is 4.74 Å². The molecule has 0 fully saturated rings. The highest BCUT2D eigenvalue weighted by molar-refractivity contribution is 5.42. The average molecular weight is 201 g/mol. The Morgan fingerprint density at radius 2 is 1.86 bits per heavy atom. The molecule has 1 aromatic rings. The van der Waals surface area contributed by atoms with E-state index in [0.29, 0.717) is 0 Å². The van der Waals surface area contributed by atoms with Crippen molar-refractivity contribution in [2.45, 2.75) is 12.8 Å². The molecule has 2 nitrogen and oxygen atoms in total. The Kier molecular flexibility index (Phi) is 3.35. The van der Waals surface area contributed by atoms with Crippen molar-refractivity contribution in [1.29, 1.82) is 5.26 Å². The number of para-hydroxylation sites is 1. The summed E-state index contributed by atoms with van der Waals surface area (Å²) >= 11 is 0. The van der Waals surface area contributed by atoms with E-state index in [1.165, 1.54) is 24.3 Å². The van der Waals surface area contributed by atoms with Crippen molar-refractivity contribution in [2.75, 3.05) is 0 Å². The van der Waals surface area contributed by atoms with Crippen molar-refractivity contribution in [3.8, 4) is 11.8 Å². The maximum absolute atomic E-state index is 12.4. The molecule has 0 aromatic heterocycles. The first-order chi connectivity index (χ1) is 6.65. The van der Waals surface area contributed by atoms with Gasteiger partial charge in [-0.2, -0.15) is 9.65 Å². The third-order valence-corrected chi connectivity index (χ3v) is 1.45. The van der Waals surface area contributed by atoms with Gasteiger partial charge < -0.3 is 4.74 Å². The molecule has 1 atom stereocenters. The molecule has 0 saturated heterocycles. The van der Waals surface area contributed by atoms with Crippen molar-refractivity contribution in [3.63, 3.8) is 0 Å². The summed E-state index contributed by atoms with van der Waals surface area (Å²) in [5, 5.41) is 8.53. The van der Waals surface area contributed by atoms with Crippen LogP contribution in [0.5, 0.6) is 5.75 Å². The molecule has 1 rings (SSSR count). The number of nitriles is 1. The number of benzene rings is 1. The van der Waals surface area contributed by atoms with Crippen molar-refractivity contribution < 1.29 is 17.9 Å². The molecule has 0 saturated carbocycles. The fourth-order valence-electron chi connectivity index (χ4n) is 0.835. The van der Waals surface area contributed by atoms with Crippen molar-refractivity contribution in [3.05, 3.63) is 29.8 Å². The SMILES string of the molecule is N#Cc1ccccc1OC(F)C(F)F. The van der Waals surface area contributed by atoms with Crippen LogP contribution in [0.3, 0.4) is 0 Å². The number of hydrogen-bond acceptors (Lipinski definition) is 2. The standard InChI is InChI=1S/C9H6F3NO/c10-8(11)9(12)14-7-4-2-1-3-6(7)5-13/h1-4,8-9H. The molecule has 1 unspecified atom stereocenters. The zero-order valence-electron chi connectivity index (χ0n) is 6.95. The molecular weight excluding hydrogens is 195 g/mol. The lowest BCUT2D eigenvalue weighted by atomic mass is 10.2.